The van der Waals surface area contributed by atoms with Gasteiger partial charge in [-0.15, -0.1) is 0 Å². The first-order valence-electron chi connectivity index (χ1n) is 7.08. The van der Waals surface area contributed by atoms with Gasteiger partial charge in [-0.25, -0.2) is 0 Å². The Hall–Kier alpha value is -1.59. The number of aryl methyl sites for hydroxylation is 1. The van der Waals surface area contributed by atoms with Gasteiger partial charge in [0.25, 0.3) is 0 Å². The largest absolute Gasteiger partial charge is 0.480 e. The summed E-state index contributed by atoms with van der Waals surface area (Å²) in [5, 5.41) is 24.6. The summed E-state index contributed by atoms with van der Waals surface area (Å²) < 4.78 is 0. The van der Waals surface area contributed by atoms with Crippen LogP contribution in [0.1, 0.15) is 24.5 Å². The lowest BCUT2D eigenvalue weighted by Crippen LogP contribution is -2.45. The maximum Gasteiger partial charge on any atom is 0.323 e. The minimum atomic E-state index is -1.02. The number of fused-ring (bicyclic) bond motifs is 1. The Labute approximate surface area is 119 Å². The van der Waals surface area contributed by atoms with Crippen LogP contribution >= 0.6 is 0 Å². The number of anilines is 1. The highest BCUT2D eigenvalue weighted by Gasteiger charge is 2.21. The molecule has 2 atom stereocenters. The normalized spacial score (nSPS) is 16.9. The molecule has 1 aliphatic heterocycles. The summed E-state index contributed by atoms with van der Waals surface area (Å²) in [6.45, 7) is 3.05. The molecule has 0 aliphatic carbocycles. The molecule has 20 heavy (non-hydrogen) atoms. The fourth-order valence-corrected chi connectivity index (χ4v) is 2.52. The highest BCUT2D eigenvalue weighted by Crippen LogP contribution is 2.22. The second-order valence-corrected chi connectivity index (χ2v) is 5.28. The number of aliphatic hydroxyl groups is 1. The number of aliphatic carboxylic acids is 1. The molecule has 2 rings (SSSR count). The number of hydrogen-bond acceptors (Lipinski definition) is 4. The molecule has 0 radical (unpaired) electrons. The molecule has 0 spiro atoms. The quantitative estimate of drug-likeness (QED) is 0.624. The SMILES string of the molecule is CC(O)C(NCCc1ccc2c(c1)CCCN2)C(=O)O. The predicted molar refractivity (Wildman–Crippen MR) is 78.1 cm³/mol. The number of carboxylic acid groups (broad SMARTS) is 1. The van der Waals surface area contributed by atoms with Crippen molar-refractivity contribution < 1.29 is 15.0 Å². The fourth-order valence-electron chi connectivity index (χ4n) is 2.52. The molecular weight excluding hydrogens is 256 g/mol. The number of nitrogens with one attached hydrogen (secondary N) is 2. The molecule has 0 saturated heterocycles. The van der Waals surface area contributed by atoms with Crippen molar-refractivity contribution in [3.63, 3.8) is 0 Å². The van der Waals surface area contributed by atoms with Crippen LogP contribution in [-0.4, -0.2) is 41.4 Å². The molecule has 0 amide bonds. The van der Waals surface area contributed by atoms with Gasteiger partial charge in [0, 0.05) is 18.8 Å². The molecule has 1 heterocycles. The van der Waals surface area contributed by atoms with Crippen molar-refractivity contribution in [1.29, 1.82) is 0 Å². The van der Waals surface area contributed by atoms with Gasteiger partial charge in [0.2, 0.25) is 0 Å². The highest BCUT2D eigenvalue weighted by atomic mass is 16.4. The molecule has 0 bridgehead atoms. The van der Waals surface area contributed by atoms with Crippen LogP contribution in [0.5, 0.6) is 0 Å². The van der Waals surface area contributed by atoms with E-state index < -0.39 is 18.1 Å². The smallest absolute Gasteiger partial charge is 0.323 e. The lowest BCUT2D eigenvalue weighted by atomic mass is 9.99. The molecule has 1 aromatic rings. The first-order chi connectivity index (χ1) is 9.58. The number of aliphatic hydroxyl groups excluding tert-OH is 1. The van der Waals surface area contributed by atoms with Gasteiger partial charge in [0.05, 0.1) is 6.10 Å². The molecule has 2 unspecified atom stereocenters. The molecule has 0 aromatic heterocycles. The summed E-state index contributed by atoms with van der Waals surface area (Å²) >= 11 is 0. The minimum Gasteiger partial charge on any atom is -0.480 e. The molecule has 0 saturated carbocycles. The Morgan fingerprint density at radius 1 is 1.50 bits per heavy atom. The van der Waals surface area contributed by atoms with Crippen molar-refractivity contribution in [2.45, 2.75) is 38.3 Å². The first-order valence-corrected chi connectivity index (χ1v) is 7.08. The summed E-state index contributed by atoms with van der Waals surface area (Å²) in [6, 6.07) is 5.43. The third-order valence-electron chi connectivity index (χ3n) is 3.63. The average molecular weight is 278 g/mol. The lowest BCUT2D eigenvalue weighted by molar-refractivity contribution is -0.142. The molecule has 5 heteroatoms. The van der Waals surface area contributed by atoms with Crippen LogP contribution < -0.4 is 10.6 Å². The zero-order chi connectivity index (χ0) is 14.5. The molecule has 110 valence electrons. The van der Waals surface area contributed by atoms with Crippen molar-refractivity contribution in [2.24, 2.45) is 0 Å². The summed E-state index contributed by atoms with van der Waals surface area (Å²) in [7, 11) is 0. The summed E-state index contributed by atoms with van der Waals surface area (Å²) in [4.78, 5) is 10.9. The van der Waals surface area contributed by atoms with Gasteiger partial charge in [-0.05, 0) is 43.4 Å². The first kappa shape index (κ1) is 14.8. The standard InChI is InChI=1S/C15H22N2O3/c1-10(18)14(15(19)20)17-8-6-11-4-5-13-12(9-11)3-2-7-16-13/h4-5,9-10,14,16-18H,2-3,6-8H2,1H3,(H,19,20). The zero-order valence-corrected chi connectivity index (χ0v) is 11.7. The molecular formula is C15H22N2O3. The maximum atomic E-state index is 10.9. The van der Waals surface area contributed by atoms with Crippen molar-refractivity contribution >= 4 is 11.7 Å². The minimum absolute atomic E-state index is 0.536. The third-order valence-corrected chi connectivity index (χ3v) is 3.63. The Bertz CT molecular complexity index is 474. The van der Waals surface area contributed by atoms with Crippen LogP contribution in [0.4, 0.5) is 5.69 Å². The predicted octanol–water partition coefficient (Wildman–Crippen LogP) is 1.01. The van der Waals surface area contributed by atoms with Crippen molar-refractivity contribution in [3.8, 4) is 0 Å². The van der Waals surface area contributed by atoms with E-state index in [1.165, 1.54) is 23.7 Å². The molecule has 4 N–H and O–H groups in total. The molecule has 1 aromatic carbocycles. The van der Waals surface area contributed by atoms with Crippen LogP contribution in [-0.2, 0) is 17.6 Å². The lowest BCUT2D eigenvalue weighted by Gasteiger charge is -2.19. The average Bonchev–Trinajstić information content (AvgIpc) is 2.42. The Balaban J connectivity index is 1.89. The van der Waals surface area contributed by atoms with Crippen LogP contribution in [0.3, 0.4) is 0 Å². The van der Waals surface area contributed by atoms with Crippen LogP contribution in [0.25, 0.3) is 0 Å². The zero-order valence-electron chi connectivity index (χ0n) is 11.7. The van der Waals surface area contributed by atoms with E-state index in [4.69, 9.17) is 5.11 Å². The second-order valence-electron chi connectivity index (χ2n) is 5.28. The Kier molecular flexibility index (Phi) is 4.98. The number of rotatable bonds is 6. The third kappa shape index (κ3) is 3.71. The van der Waals surface area contributed by atoms with Gasteiger partial charge in [-0.2, -0.15) is 0 Å². The monoisotopic (exact) mass is 278 g/mol. The maximum absolute atomic E-state index is 10.9. The van der Waals surface area contributed by atoms with Gasteiger partial charge < -0.3 is 20.8 Å². The van der Waals surface area contributed by atoms with Crippen LogP contribution in [0.15, 0.2) is 18.2 Å². The number of hydrogen-bond donors (Lipinski definition) is 4. The van der Waals surface area contributed by atoms with E-state index in [1.807, 2.05) is 0 Å². The number of carboxylic acids is 1. The molecule has 0 fully saturated rings. The topological polar surface area (TPSA) is 81.6 Å². The van der Waals surface area contributed by atoms with E-state index in [0.29, 0.717) is 6.54 Å². The highest BCUT2D eigenvalue weighted by molar-refractivity contribution is 5.74. The summed E-state index contributed by atoms with van der Waals surface area (Å²) in [6.07, 6.45) is 2.09. The van der Waals surface area contributed by atoms with E-state index in [2.05, 4.69) is 28.8 Å². The Morgan fingerprint density at radius 3 is 3.00 bits per heavy atom. The fraction of sp³-hybridized carbons (Fsp3) is 0.533. The number of carbonyl (C=O) groups is 1. The van der Waals surface area contributed by atoms with Gasteiger partial charge in [0.15, 0.2) is 0 Å². The number of benzene rings is 1. The summed E-state index contributed by atoms with van der Waals surface area (Å²) in [5.41, 5.74) is 3.73. The second kappa shape index (κ2) is 6.72. The van der Waals surface area contributed by atoms with Crippen molar-refractivity contribution in [2.75, 3.05) is 18.4 Å². The van der Waals surface area contributed by atoms with Gasteiger partial charge in [-0.1, -0.05) is 12.1 Å². The van der Waals surface area contributed by atoms with E-state index >= 15 is 0 Å². The van der Waals surface area contributed by atoms with E-state index in [0.717, 1.165) is 25.8 Å². The van der Waals surface area contributed by atoms with Gasteiger partial charge >= 0.3 is 5.97 Å². The van der Waals surface area contributed by atoms with E-state index in [9.17, 15) is 9.90 Å². The van der Waals surface area contributed by atoms with Crippen LogP contribution in [0, 0.1) is 0 Å². The molecule has 5 nitrogen and oxygen atoms in total. The molecule has 1 aliphatic rings. The van der Waals surface area contributed by atoms with Gasteiger partial charge in [-0.3, -0.25) is 4.79 Å². The van der Waals surface area contributed by atoms with E-state index in [-0.39, 0.29) is 0 Å². The van der Waals surface area contributed by atoms with Crippen molar-refractivity contribution in [3.05, 3.63) is 29.3 Å². The van der Waals surface area contributed by atoms with Crippen LogP contribution in [0.2, 0.25) is 0 Å². The Morgan fingerprint density at radius 2 is 2.30 bits per heavy atom. The van der Waals surface area contributed by atoms with Gasteiger partial charge in [0.1, 0.15) is 6.04 Å². The van der Waals surface area contributed by atoms with E-state index in [1.54, 1.807) is 0 Å². The van der Waals surface area contributed by atoms with Crippen molar-refractivity contribution in [1.82, 2.24) is 5.32 Å². The summed E-state index contributed by atoms with van der Waals surface area (Å²) in [5.74, 6) is -1.02.